The Morgan fingerprint density at radius 1 is 1.50 bits per heavy atom. The van der Waals surface area contributed by atoms with Crippen LogP contribution in [0.1, 0.15) is 5.56 Å². The molecule has 0 heterocycles. The molecule has 0 atom stereocenters. The molecule has 0 bridgehead atoms. The Morgan fingerprint density at radius 2 is 2.22 bits per heavy atom. The van der Waals surface area contributed by atoms with Crippen molar-refractivity contribution < 1.29 is 4.79 Å². The van der Waals surface area contributed by atoms with Crippen LogP contribution in [-0.2, 0) is 4.79 Å². The molecule has 0 aliphatic carbocycles. The summed E-state index contributed by atoms with van der Waals surface area (Å²) in [7, 11) is 3.73. The zero-order valence-corrected chi connectivity index (χ0v) is 13.4. The van der Waals surface area contributed by atoms with Crippen LogP contribution in [0.3, 0.4) is 0 Å². The summed E-state index contributed by atoms with van der Waals surface area (Å²) in [4.78, 5) is 14.8. The van der Waals surface area contributed by atoms with Crippen LogP contribution < -0.4 is 5.32 Å². The Kier molecular flexibility index (Phi) is 6.75. The normalized spacial score (nSPS) is 10.4. The summed E-state index contributed by atoms with van der Waals surface area (Å²) in [6.45, 7) is 3.63. The molecule has 0 saturated carbocycles. The minimum absolute atomic E-state index is 0.164. The third kappa shape index (κ3) is 5.00. The zero-order valence-electron chi connectivity index (χ0n) is 11.0. The van der Waals surface area contributed by atoms with Crippen LogP contribution in [0.4, 0.5) is 0 Å². The van der Waals surface area contributed by atoms with E-state index in [-0.39, 0.29) is 5.91 Å². The Balaban J connectivity index is 2.47. The van der Waals surface area contributed by atoms with E-state index in [1.807, 2.05) is 26.2 Å². The SMILES string of the molecule is CNCCN(C)C(=O)CSc1ccc(Br)cc1C. The molecule has 0 unspecified atom stereocenters. The maximum Gasteiger partial charge on any atom is 0.232 e. The summed E-state index contributed by atoms with van der Waals surface area (Å²) in [5.74, 6) is 0.653. The summed E-state index contributed by atoms with van der Waals surface area (Å²) >= 11 is 5.03. The van der Waals surface area contributed by atoms with Gasteiger partial charge in [0.2, 0.25) is 5.91 Å². The number of aryl methyl sites for hydroxylation is 1. The molecule has 0 aliphatic heterocycles. The minimum atomic E-state index is 0.164. The topological polar surface area (TPSA) is 32.3 Å². The van der Waals surface area contributed by atoms with Crippen molar-refractivity contribution in [3.05, 3.63) is 28.2 Å². The molecule has 1 N–H and O–H groups in total. The highest BCUT2D eigenvalue weighted by atomic mass is 79.9. The fourth-order valence-electron chi connectivity index (χ4n) is 1.43. The molecule has 0 fully saturated rings. The average molecular weight is 331 g/mol. The maximum atomic E-state index is 11.9. The first-order valence-electron chi connectivity index (χ1n) is 5.82. The van der Waals surface area contributed by atoms with Gasteiger partial charge in [0, 0.05) is 29.5 Å². The molecule has 0 aromatic heterocycles. The van der Waals surface area contributed by atoms with Crippen molar-refractivity contribution in [3.63, 3.8) is 0 Å². The lowest BCUT2D eigenvalue weighted by atomic mass is 10.2. The number of amides is 1. The van der Waals surface area contributed by atoms with E-state index in [1.165, 1.54) is 5.56 Å². The van der Waals surface area contributed by atoms with E-state index in [0.717, 1.165) is 22.5 Å². The molecule has 18 heavy (non-hydrogen) atoms. The van der Waals surface area contributed by atoms with Gasteiger partial charge in [-0.1, -0.05) is 15.9 Å². The Bertz CT molecular complexity index is 412. The smallest absolute Gasteiger partial charge is 0.232 e. The van der Waals surface area contributed by atoms with Gasteiger partial charge in [-0.3, -0.25) is 4.79 Å². The van der Waals surface area contributed by atoms with Crippen molar-refractivity contribution in [2.75, 3.05) is 32.9 Å². The lowest BCUT2D eigenvalue weighted by Gasteiger charge is -2.16. The Hall–Kier alpha value is -0.520. The van der Waals surface area contributed by atoms with Crippen molar-refractivity contribution in [2.45, 2.75) is 11.8 Å². The summed E-state index contributed by atoms with van der Waals surface area (Å²) in [6, 6.07) is 6.12. The Morgan fingerprint density at radius 3 is 2.83 bits per heavy atom. The largest absolute Gasteiger partial charge is 0.344 e. The van der Waals surface area contributed by atoms with Crippen molar-refractivity contribution >= 4 is 33.6 Å². The van der Waals surface area contributed by atoms with Gasteiger partial charge in [0.05, 0.1) is 5.75 Å². The number of nitrogens with one attached hydrogen (secondary N) is 1. The number of halogens is 1. The summed E-state index contributed by atoms with van der Waals surface area (Å²) < 4.78 is 1.07. The van der Waals surface area contributed by atoms with Crippen LogP contribution in [-0.4, -0.2) is 43.7 Å². The van der Waals surface area contributed by atoms with Crippen molar-refractivity contribution in [3.8, 4) is 0 Å². The van der Waals surface area contributed by atoms with Gasteiger partial charge in [-0.05, 0) is 37.7 Å². The van der Waals surface area contributed by atoms with Gasteiger partial charge >= 0.3 is 0 Å². The monoisotopic (exact) mass is 330 g/mol. The molecule has 3 nitrogen and oxygen atoms in total. The van der Waals surface area contributed by atoms with Gasteiger partial charge in [-0.25, -0.2) is 0 Å². The number of hydrogen-bond acceptors (Lipinski definition) is 3. The quantitative estimate of drug-likeness (QED) is 0.813. The molecule has 100 valence electrons. The standard InChI is InChI=1S/C13H19BrN2OS/c1-10-8-11(14)4-5-12(10)18-9-13(17)16(3)7-6-15-2/h4-5,8,15H,6-7,9H2,1-3H3. The number of nitrogens with zero attached hydrogens (tertiary/aromatic N) is 1. The van der Waals surface area contributed by atoms with Gasteiger partial charge in [-0.15, -0.1) is 11.8 Å². The first-order chi connectivity index (χ1) is 8.54. The zero-order chi connectivity index (χ0) is 13.5. The molecule has 1 aromatic carbocycles. The van der Waals surface area contributed by atoms with Gasteiger partial charge in [0.15, 0.2) is 0 Å². The van der Waals surface area contributed by atoms with E-state index in [4.69, 9.17) is 0 Å². The van der Waals surface area contributed by atoms with Crippen molar-refractivity contribution in [2.24, 2.45) is 0 Å². The van der Waals surface area contributed by atoms with Crippen LogP contribution in [0, 0.1) is 6.92 Å². The Labute approximate surface area is 121 Å². The summed E-state index contributed by atoms with van der Waals surface area (Å²) in [6.07, 6.45) is 0. The minimum Gasteiger partial charge on any atom is -0.344 e. The molecule has 1 amide bonds. The van der Waals surface area contributed by atoms with Crippen molar-refractivity contribution in [1.29, 1.82) is 0 Å². The highest BCUT2D eigenvalue weighted by molar-refractivity contribution is 9.10. The molecule has 0 aliphatic rings. The number of carbonyl (C=O) groups excluding carboxylic acids is 1. The van der Waals surface area contributed by atoms with Gasteiger partial charge in [0.1, 0.15) is 0 Å². The molecule has 1 aromatic rings. The molecule has 1 rings (SSSR count). The van der Waals surface area contributed by atoms with E-state index in [0.29, 0.717) is 5.75 Å². The number of rotatable bonds is 6. The van der Waals surface area contributed by atoms with Gasteiger partial charge < -0.3 is 10.2 Å². The van der Waals surface area contributed by atoms with Crippen LogP contribution in [0.25, 0.3) is 0 Å². The fourth-order valence-corrected chi connectivity index (χ4v) is 2.85. The lowest BCUT2D eigenvalue weighted by Crippen LogP contribution is -2.33. The third-order valence-electron chi connectivity index (χ3n) is 2.61. The van der Waals surface area contributed by atoms with E-state index < -0.39 is 0 Å². The number of likely N-dealkylation sites (N-methyl/N-ethyl adjacent to an activating group) is 2. The van der Waals surface area contributed by atoms with Crippen LogP contribution in [0.5, 0.6) is 0 Å². The summed E-state index contributed by atoms with van der Waals surface area (Å²) in [5.41, 5.74) is 1.19. The molecule has 0 spiro atoms. The molecule has 0 saturated heterocycles. The third-order valence-corrected chi connectivity index (χ3v) is 4.26. The van der Waals surface area contributed by atoms with Gasteiger partial charge in [-0.2, -0.15) is 0 Å². The van der Waals surface area contributed by atoms with Crippen LogP contribution in [0.15, 0.2) is 27.6 Å². The van der Waals surface area contributed by atoms with Crippen LogP contribution in [0.2, 0.25) is 0 Å². The maximum absolute atomic E-state index is 11.9. The van der Waals surface area contributed by atoms with Gasteiger partial charge in [0.25, 0.3) is 0 Å². The number of benzene rings is 1. The highest BCUT2D eigenvalue weighted by Crippen LogP contribution is 2.25. The van der Waals surface area contributed by atoms with Crippen molar-refractivity contribution in [1.82, 2.24) is 10.2 Å². The number of hydrogen-bond donors (Lipinski definition) is 1. The van der Waals surface area contributed by atoms with E-state index in [9.17, 15) is 4.79 Å². The highest BCUT2D eigenvalue weighted by Gasteiger charge is 2.09. The molecular weight excluding hydrogens is 312 g/mol. The second kappa shape index (κ2) is 7.81. The first-order valence-corrected chi connectivity index (χ1v) is 7.60. The fraction of sp³-hybridized carbons (Fsp3) is 0.462. The van der Waals surface area contributed by atoms with E-state index in [2.05, 4.69) is 34.2 Å². The predicted molar refractivity (Wildman–Crippen MR) is 81.2 cm³/mol. The predicted octanol–water partition coefficient (Wildman–Crippen LogP) is 2.53. The average Bonchev–Trinajstić information content (AvgIpc) is 2.34. The van der Waals surface area contributed by atoms with E-state index in [1.54, 1.807) is 16.7 Å². The first kappa shape index (κ1) is 15.5. The number of thioether (sulfide) groups is 1. The number of carbonyl (C=O) groups is 1. The molecule has 0 radical (unpaired) electrons. The molecular formula is C13H19BrN2OS. The van der Waals surface area contributed by atoms with Crippen LogP contribution >= 0.6 is 27.7 Å². The van der Waals surface area contributed by atoms with E-state index >= 15 is 0 Å². The second-order valence-corrected chi connectivity index (χ2v) is 6.05. The summed E-state index contributed by atoms with van der Waals surface area (Å²) in [5, 5.41) is 3.04. The lowest BCUT2D eigenvalue weighted by molar-refractivity contribution is -0.127. The molecule has 5 heteroatoms. The second-order valence-electron chi connectivity index (χ2n) is 4.12.